The first-order chi connectivity index (χ1) is 6.74. The highest BCUT2D eigenvalue weighted by molar-refractivity contribution is 7.99. The fourth-order valence-electron chi connectivity index (χ4n) is 1.23. The van der Waals surface area contributed by atoms with Crippen molar-refractivity contribution in [1.29, 1.82) is 0 Å². The second-order valence-electron chi connectivity index (χ2n) is 2.65. The Hall–Kier alpha value is -1.01. The second-order valence-corrected chi connectivity index (χ2v) is 4.07. The summed E-state index contributed by atoms with van der Waals surface area (Å²) in [6, 6.07) is 0. The van der Waals surface area contributed by atoms with E-state index in [2.05, 4.69) is 10.1 Å². The standard InChI is InChI=1S/C7H6ClN3O2S/c8-5-4(3-9-13)6(12)11-1-2-14-7(11)10-5/h3,13H,1-2H2. The molecule has 7 heteroatoms. The molecule has 2 rings (SSSR count). The summed E-state index contributed by atoms with van der Waals surface area (Å²) in [7, 11) is 0. The molecule has 1 aliphatic heterocycles. The molecule has 0 bridgehead atoms. The summed E-state index contributed by atoms with van der Waals surface area (Å²) in [5, 5.41) is 11.8. The van der Waals surface area contributed by atoms with Gasteiger partial charge in [0.05, 0.1) is 11.8 Å². The van der Waals surface area contributed by atoms with Crippen LogP contribution < -0.4 is 5.56 Å². The lowest BCUT2D eigenvalue weighted by atomic mass is 10.3. The number of aromatic nitrogens is 2. The number of oxime groups is 1. The Morgan fingerprint density at radius 3 is 3.21 bits per heavy atom. The van der Waals surface area contributed by atoms with Crippen LogP contribution in [-0.2, 0) is 6.54 Å². The van der Waals surface area contributed by atoms with Gasteiger partial charge in [0, 0.05) is 12.3 Å². The topological polar surface area (TPSA) is 67.5 Å². The van der Waals surface area contributed by atoms with Gasteiger partial charge in [-0.05, 0) is 0 Å². The third-order valence-electron chi connectivity index (χ3n) is 1.86. The Morgan fingerprint density at radius 2 is 2.50 bits per heavy atom. The summed E-state index contributed by atoms with van der Waals surface area (Å²) in [4.78, 5) is 15.7. The molecule has 0 amide bonds. The molecule has 0 aromatic carbocycles. The second kappa shape index (κ2) is 3.62. The number of hydrogen-bond donors (Lipinski definition) is 1. The summed E-state index contributed by atoms with van der Waals surface area (Å²) >= 11 is 7.24. The molecule has 14 heavy (non-hydrogen) atoms. The van der Waals surface area contributed by atoms with Crippen LogP contribution in [0, 0.1) is 0 Å². The van der Waals surface area contributed by atoms with E-state index in [1.807, 2.05) is 0 Å². The molecule has 0 unspecified atom stereocenters. The van der Waals surface area contributed by atoms with Crippen molar-refractivity contribution < 1.29 is 5.21 Å². The highest BCUT2D eigenvalue weighted by Crippen LogP contribution is 2.23. The third kappa shape index (κ3) is 1.40. The molecule has 0 aliphatic carbocycles. The average Bonchev–Trinajstić information content (AvgIpc) is 2.60. The normalized spacial score (nSPS) is 14.9. The van der Waals surface area contributed by atoms with Gasteiger partial charge in [0.2, 0.25) is 0 Å². The molecule has 0 atom stereocenters. The monoisotopic (exact) mass is 231 g/mol. The van der Waals surface area contributed by atoms with Crippen molar-refractivity contribution in [1.82, 2.24) is 9.55 Å². The van der Waals surface area contributed by atoms with Crippen molar-refractivity contribution in [3.8, 4) is 0 Å². The van der Waals surface area contributed by atoms with Gasteiger partial charge in [0.1, 0.15) is 5.15 Å². The zero-order valence-electron chi connectivity index (χ0n) is 6.97. The molecule has 0 radical (unpaired) electrons. The Kier molecular flexibility index (Phi) is 2.47. The third-order valence-corrected chi connectivity index (χ3v) is 3.10. The van der Waals surface area contributed by atoms with Crippen LogP contribution in [-0.4, -0.2) is 26.7 Å². The van der Waals surface area contributed by atoms with Gasteiger partial charge in [-0.3, -0.25) is 9.36 Å². The van der Waals surface area contributed by atoms with E-state index in [9.17, 15) is 4.79 Å². The van der Waals surface area contributed by atoms with Gasteiger partial charge in [-0.1, -0.05) is 28.5 Å². The van der Waals surface area contributed by atoms with Crippen LogP contribution in [0.4, 0.5) is 0 Å². The summed E-state index contributed by atoms with van der Waals surface area (Å²) < 4.78 is 1.52. The lowest BCUT2D eigenvalue weighted by Crippen LogP contribution is -2.24. The Balaban J connectivity index is 2.69. The van der Waals surface area contributed by atoms with Gasteiger partial charge >= 0.3 is 0 Å². The molecule has 0 spiro atoms. The fourth-order valence-corrected chi connectivity index (χ4v) is 2.43. The first kappa shape index (κ1) is 9.54. The maximum atomic E-state index is 11.7. The number of hydrogen-bond acceptors (Lipinski definition) is 5. The zero-order valence-corrected chi connectivity index (χ0v) is 8.55. The van der Waals surface area contributed by atoms with Crippen molar-refractivity contribution in [3.05, 3.63) is 21.1 Å². The predicted molar refractivity (Wildman–Crippen MR) is 53.6 cm³/mol. The smallest absolute Gasteiger partial charge is 0.264 e. The number of nitrogens with zero attached hydrogens (tertiary/aromatic N) is 3. The fraction of sp³-hybridized carbons (Fsp3) is 0.286. The molecule has 1 aromatic heterocycles. The molecular formula is C7H6ClN3O2S. The maximum absolute atomic E-state index is 11.7. The molecule has 1 aromatic rings. The minimum Gasteiger partial charge on any atom is -0.411 e. The van der Waals surface area contributed by atoms with E-state index in [1.54, 1.807) is 0 Å². The van der Waals surface area contributed by atoms with E-state index in [0.29, 0.717) is 11.7 Å². The summed E-state index contributed by atoms with van der Waals surface area (Å²) in [5.74, 6) is 0.818. The average molecular weight is 232 g/mol. The Bertz CT molecular complexity index is 457. The Labute approximate surface area is 88.4 Å². The largest absolute Gasteiger partial charge is 0.411 e. The molecule has 1 N–H and O–H groups in total. The van der Waals surface area contributed by atoms with Crippen LogP contribution in [0.5, 0.6) is 0 Å². The van der Waals surface area contributed by atoms with Gasteiger partial charge in [0.15, 0.2) is 5.16 Å². The van der Waals surface area contributed by atoms with Crippen LogP contribution in [0.15, 0.2) is 15.1 Å². The highest BCUT2D eigenvalue weighted by atomic mass is 35.5. The number of rotatable bonds is 1. The molecule has 0 saturated heterocycles. The van der Waals surface area contributed by atoms with Gasteiger partial charge in [-0.2, -0.15) is 0 Å². The molecule has 5 nitrogen and oxygen atoms in total. The quantitative estimate of drug-likeness (QED) is 0.255. The number of fused-ring (bicyclic) bond motifs is 1. The van der Waals surface area contributed by atoms with E-state index in [1.165, 1.54) is 16.3 Å². The van der Waals surface area contributed by atoms with Gasteiger partial charge in [-0.15, -0.1) is 0 Å². The first-order valence-electron chi connectivity index (χ1n) is 3.84. The van der Waals surface area contributed by atoms with Crippen LogP contribution in [0.3, 0.4) is 0 Å². The molecule has 0 fully saturated rings. The van der Waals surface area contributed by atoms with Crippen molar-refractivity contribution in [2.24, 2.45) is 5.16 Å². The van der Waals surface area contributed by atoms with Crippen LogP contribution >= 0.6 is 23.4 Å². The maximum Gasteiger partial charge on any atom is 0.264 e. The lowest BCUT2D eigenvalue weighted by molar-refractivity contribution is 0.321. The van der Waals surface area contributed by atoms with E-state index < -0.39 is 0 Å². The summed E-state index contributed by atoms with van der Waals surface area (Å²) in [6.07, 6.45) is 1.01. The van der Waals surface area contributed by atoms with Crippen LogP contribution in [0.1, 0.15) is 5.56 Å². The van der Waals surface area contributed by atoms with E-state index in [-0.39, 0.29) is 16.3 Å². The van der Waals surface area contributed by atoms with Crippen molar-refractivity contribution in [3.63, 3.8) is 0 Å². The predicted octanol–water partition coefficient (Wildman–Crippen LogP) is 0.810. The number of halogens is 1. The van der Waals surface area contributed by atoms with Crippen molar-refractivity contribution in [2.75, 3.05) is 5.75 Å². The minimum absolute atomic E-state index is 0.0773. The highest BCUT2D eigenvalue weighted by Gasteiger charge is 2.18. The van der Waals surface area contributed by atoms with Crippen molar-refractivity contribution in [2.45, 2.75) is 11.7 Å². The van der Waals surface area contributed by atoms with Gasteiger partial charge in [-0.25, -0.2) is 4.98 Å². The number of thioether (sulfide) groups is 1. The van der Waals surface area contributed by atoms with Crippen molar-refractivity contribution >= 4 is 29.6 Å². The zero-order chi connectivity index (χ0) is 10.1. The minimum atomic E-state index is -0.261. The molecule has 1 aliphatic rings. The van der Waals surface area contributed by atoms with Crippen LogP contribution in [0.2, 0.25) is 5.15 Å². The lowest BCUT2D eigenvalue weighted by Gasteiger charge is -2.02. The molecule has 74 valence electrons. The summed E-state index contributed by atoms with van der Waals surface area (Å²) in [6.45, 7) is 0.620. The summed E-state index contributed by atoms with van der Waals surface area (Å²) in [5.41, 5.74) is -0.136. The van der Waals surface area contributed by atoms with Gasteiger partial charge in [0.25, 0.3) is 5.56 Å². The SMILES string of the molecule is O=c1c(C=NO)c(Cl)nc2n1CCS2. The van der Waals surface area contributed by atoms with Crippen LogP contribution in [0.25, 0.3) is 0 Å². The first-order valence-corrected chi connectivity index (χ1v) is 5.21. The van der Waals surface area contributed by atoms with Gasteiger partial charge < -0.3 is 5.21 Å². The van der Waals surface area contributed by atoms with E-state index >= 15 is 0 Å². The van der Waals surface area contributed by atoms with E-state index in [0.717, 1.165) is 12.0 Å². The molecule has 0 saturated carbocycles. The molecule has 2 heterocycles. The Morgan fingerprint density at radius 1 is 1.71 bits per heavy atom. The van der Waals surface area contributed by atoms with E-state index in [4.69, 9.17) is 16.8 Å². The molecular weight excluding hydrogens is 226 g/mol.